The normalized spacial score (nSPS) is 12.2. The number of aromatic nitrogens is 2. The zero-order valence-corrected chi connectivity index (χ0v) is 14.0. The maximum atomic E-state index is 12.1. The second kappa shape index (κ2) is 6.94. The molecule has 0 saturated heterocycles. The number of carbonyl (C=O) groups excluding carboxylic acids is 1. The third kappa shape index (κ3) is 3.49. The van der Waals surface area contributed by atoms with Crippen LogP contribution in [0.3, 0.4) is 0 Å². The molecule has 4 rings (SSSR count). The number of ketones is 1. The predicted octanol–water partition coefficient (Wildman–Crippen LogP) is 3.85. The predicted molar refractivity (Wildman–Crippen MR) is 95.1 cm³/mol. The van der Waals surface area contributed by atoms with Gasteiger partial charge in [0, 0.05) is 11.1 Å². The van der Waals surface area contributed by atoms with E-state index in [2.05, 4.69) is 10.2 Å². The Kier molecular flexibility index (Phi) is 4.35. The summed E-state index contributed by atoms with van der Waals surface area (Å²) >= 11 is 1.38. The molecule has 124 valence electrons. The summed E-state index contributed by atoms with van der Waals surface area (Å²) in [5, 5.41) is 9.17. The topological polar surface area (TPSA) is 61.3 Å². The van der Waals surface area contributed by atoms with E-state index in [4.69, 9.17) is 9.47 Å². The maximum absolute atomic E-state index is 12.1. The number of fused-ring (bicyclic) bond motifs is 1. The zero-order valence-electron chi connectivity index (χ0n) is 13.2. The number of benzene rings is 2. The lowest BCUT2D eigenvalue weighted by molar-refractivity contribution is 0.102. The summed E-state index contributed by atoms with van der Waals surface area (Å²) in [7, 11) is 0. The van der Waals surface area contributed by atoms with Gasteiger partial charge in [0.1, 0.15) is 5.03 Å². The van der Waals surface area contributed by atoms with Crippen LogP contribution in [0.15, 0.2) is 65.7 Å². The average Bonchev–Trinajstić information content (AvgIpc) is 3.15. The van der Waals surface area contributed by atoms with Crippen molar-refractivity contribution in [2.45, 2.75) is 5.03 Å². The second-order valence-electron chi connectivity index (χ2n) is 5.40. The Morgan fingerprint density at radius 2 is 1.80 bits per heavy atom. The van der Waals surface area contributed by atoms with Crippen molar-refractivity contribution in [2.24, 2.45) is 0 Å². The van der Waals surface area contributed by atoms with E-state index in [0.717, 1.165) is 17.0 Å². The lowest BCUT2D eigenvalue weighted by Crippen LogP contribution is -2.02. The summed E-state index contributed by atoms with van der Waals surface area (Å²) in [6, 6.07) is 18.7. The lowest BCUT2D eigenvalue weighted by Gasteiger charge is -2.04. The largest absolute Gasteiger partial charge is 0.454 e. The first kappa shape index (κ1) is 15.7. The standard InChI is InChI=1S/C19H14N2O3S/c22-16(13-4-2-1-3-5-13)11-25-19-9-7-15(20-21-19)14-6-8-17-18(10-14)24-12-23-17/h1-10H,11-12H2. The Morgan fingerprint density at radius 1 is 0.960 bits per heavy atom. The first-order valence-electron chi connectivity index (χ1n) is 7.74. The zero-order chi connectivity index (χ0) is 17.1. The minimum Gasteiger partial charge on any atom is -0.454 e. The van der Waals surface area contributed by atoms with Crippen LogP contribution in [0.1, 0.15) is 10.4 Å². The number of carbonyl (C=O) groups is 1. The third-order valence-corrected chi connectivity index (χ3v) is 4.68. The van der Waals surface area contributed by atoms with Crippen LogP contribution in [-0.2, 0) is 0 Å². The van der Waals surface area contributed by atoms with Crippen molar-refractivity contribution in [1.82, 2.24) is 10.2 Å². The maximum Gasteiger partial charge on any atom is 0.231 e. The molecule has 3 aromatic rings. The number of thioether (sulfide) groups is 1. The van der Waals surface area contributed by atoms with E-state index < -0.39 is 0 Å². The minimum atomic E-state index is 0.0762. The van der Waals surface area contributed by atoms with Crippen molar-refractivity contribution in [2.75, 3.05) is 12.5 Å². The molecule has 0 radical (unpaired) electrons. The van der Waals surface area contributed by atoms with E-state index in [9.17, 15) is 4.79 Å². The van der Waals surface area contributed by atoms with Crippen LogP contribution in [0.5, 0.6) is 11.5 Å². The molecular formula is C19H14N2O3S. The van der Waals surface area contributed by atoms with Gasteiger partial charge in [-0.3, -0.25) is 4.79 Å². The van der Waals surface area contributed by atoms with Gasteiger partial charge in [0.25, 0.3) is 0 Å². The Bertz CT molecular complexity index is 898. The van der Waals surface area contributed by atoms with Crippen molar-refractivity contribution in [3.63, 3.8) is 0 Å². The Morgan fingerprint density at radius 3 is 2.60 bits per heavy atom. The van der Waals surface area contributed by atoms with Gasteiger partial charge >= 0.3 is 0 Å². The van der Waals surface area contributed by atoms with Gasteiger partial charge in [-0.2, -0.15) is 0 Å². The van der Waals surface area contributed by atoms with Gasteiger partial charge in [0.05, 0.1) is 11.4 Å². The summed E-state index contributed by atoms with van der Waals surface area (Å²) in [6.45, 7) is 0.246. The molecule has 0 saturated carbocycles. The quantitative estimate of drug-likeness (QED) is 0.514. The molecular weight excluding hydrogens is 336 g/mol. The number of nitrogens with zero attached hydrogens (tertiary/aromatic N) is 2. The molecule has 0 N–H and O–H groups in total. The molecule has 0 aliphatic carbocycles. The fourth-order valence-corrected chi connectivity index (χ4v) is 3.16. The molecule has 2 aromatic carbocycles. The first-order valence-corrected chi connectivity index (χ1v) is 8.73. The van der Waals surface area contributed by atoms with E-state index in [1.165, 1.54) is 11.8 Å². The molecule has 0 fully saturated rings. The number of hydrogen-bond acceptors (Lipinski definition) is 6. The van der Waals surface area contributed by atoms with E-state index in [1.54, 1.807) is 0 Å². The van der Waals surface area contributed by atoms with Gasteiger partial charge in [0.2, 0.25) is 6.79 Å². The molecule has 1 aromatic heterocycles. The second-order valence-corrected chi connectivity index (χ2v) is 6.40. The van der Waals surface area contributed by atoms with E-state index in [1.807, 2.05) is 60.7 Å². The first-order chi connectivity index (χ1) is 12.3. The van der Waals surface area contributed by atoms with Crippen molar-refractivity contribution in [1.29, 1.82) is 0 Å². The number of Topliss-reactive ketones (excluding diaryl/α,β-unsaturated/α-hetero) is 1. The van der Waals surface area contributed by atoms with E-state index in [-0.39, 0.29) is 12.6 Å². The fraction of sp³-hybridized carbons (Fsp3) is 0.105. The SMILES string of the molecule is O=C(CSc1ccc(-c2ccc3c(c2)OCO3)nn1)c1ccccc1. The van der Waals surface area contributed by atoms with Gasteiger partial charge in [-0.15, -0.1) is 10.2 Å². The van der Waals surface area contributed by atoms with Gasteiger partial charge in [-0.05, 0) is 30.3 Å². The van der Waals surface area contributed by atoms with Crippen molar-refractivity contribution >= 4 is 17.5 Å². The summed E-state index contributed by atoms with van der Waals surface area (Å²) in [6.07, 6.45) is 0. The van der Waals surface area contributed by atoms with Crippen LogP contribution in [-0.4, -0.2) is 28.5 Å². The summed E-state index contributed by atoms with van der Waals surface area (Å²) in [4.78, 5) is 12.1. The summed E-state index contributed by atoms with van der Waals surface area (Å²) < 4.78 is 10.7. The van der Waals surface area contributed by atoms with Crippen molar-refractivity contribution in [3.8, 4) is 22.8 Å². The molecule has 5 nitrogen and oxygen atoms in total. The molecule has 0 spiro atoms. The van der Waals surface area contributed by atoms with Gasteiger partial charge in [0.15, 0.2) is 17.3 Å². The minimum absolute atomic E-state index is 0.0762. The van der Waals surface area contributed by atoms with E-state index in [0.29, 0.717) is 22.1 Å². The molecule has 25 heavy (non-hydrogen) atoms. The Labute approximate surface area is 149 Å². The van der Waals surface area contributed by atoms with Crippen LogP contribution in [0.4, 0.5) is 0 Å². The molecule has 0 unspecified atom stereocenters. The van der Waals surface area contributed by atoms with E-state index >= 15 is 0 Å². The molecule has 0 bridgehead atoms. The van der Waals surface area contributed by atoms with Crippen LogP contribution in [0.25, 0.3) is 11.3 Å². The van der Waals surface area contributed by atoms with Gasteiger partial charge in [-0.25, -0.2) is 0 Å². The monoisotopic (exact) mass is 350 g/mol. The molecule has 2 heterocycles. The van der Waals surface area contributed by atoms with Crippen molar-refractivity contribution in [3.05, 3.63) is 66.2 Å². The summed E-state index contributed by atoms with van der Waals surface area (Å²) in [5.74, 6) is 1.86. The molecule has 1 aliphatic heterocycles. The molecule has 0 amide bonds. The highest BCUT2D eigenvalue weighted by Crippen LogP contribution is 2.35. The number of ether oxygens (including phenoxy) is 2. The van der Waals surface area contributed by atoms with Crippen LogP contribution in [0, 0.1) is 0 Å². The lowest BCUT2D eigenvalue weighted by atomic mass is 10.1. The molecule has 0 atom stereocenters. The highest BCUT2D eigenvalue weighted by atomic mass is 32.2. The third-order valence-electron chi connectivity index (χ3n) is 3.76. The van der Waals surface area contributed by atoms with Crippen LogP contribution < -0.4 is 9.47 Å². The van der Waals surface area contributed by atoms with Crippen molar-refractivity contribution < 1.29 is 14.3 Å². The van der Waals surface area contributed by atoms with Crippen LogP contribution >= 0.6 is 11.8 Å². The average molecular weight is 350 g/mol. The van der Waals surface area contributed by atoms with Gasteiger partial charge in [-0.1, -0.05) is 42.1 Å². The fourth-order valence-electron chi connectivity index (χ4n) is 2.45. The number of rotatable bonds is 5. The Hall–Kier alpha value is -2.86. The Balaban J connectivity index is 1.43. The van der Waals surface area contributed by atoms with Crippen LogP contribution in [0.2, 0.25) is 0 Å². The smallest absolute Gasteiger partial charge is 0.231 e. The highest BCUT2D eigenvalue weighted by Gasteiger charge is 2.14. The highest BCUT2D eigenvalue weighted by molar-refractivity contribution is 7.99. The number of hydrogen-bond donors (Lipinski definition) is 0. The molecule has 1 aliphatic rings. The molecule has 6 heteroatoms. The van der Waals surface area contributed by atoms with Gasteiger partial charge < -0.3 is 9.47 Å². The summed E-state index contributed by atoms with van der Waals surface area (Å²) in [5.41, 5.74) is 2.37.